The van der Waals surface area contributed by atoms with Gasteiger partial charge in [-0.15, -0.1) is 11.3 Å². The zero-order valence-corrected chi connectivity index (χ0v) is 12.4. The van der Waals surface area contributed by atoms with Gasteiger partial charge in [-0.05, 0) is 41.1 Å². The fourth-order valence-corrected chi connectivity index (χ4v) is 4.26. The molecule has 0 aliphatic rings. The number of thiazole rings is 1. The van der Waals surface area contributed by atoms with Crippen molar-refractivity contribution in [3.8, 4) is 0 Å². The van der Waals surface area contributed by atoms with Gasteiger partial charge in [0.2, 0.25) is 0 Å². The summed E-state index contributed by atoms with van der Waals surface area (Å²) in [5.41, 5.74) is 0.732. The Kier molecular flexibility index (Phi) is 3.69. The molecule has 0 unspecified atom stereocenters. The van der Waals surface area contributed by atoms with E-state index in [4.69, 9.17) is 0 Å². The fourth-order valence-electron chi connectivity index (χ4n) is 1.26. The maximum absolute atomic E-state index is 12.9. The van der Waals surface area contributed by atoms with Gasteiger partial charge in [0.15, 0.2) is 5.13 Å². The molecule has 0 bridgehead atoms. The van der Waals surface area contributed by atoms with Crippen molar-refractivity contribution in [1.29, 1.82) is 0 Å². The van der Waals surface area contributed by atoms with Gasteiger partial charge < -0.3 is 0 Å². The zero-order chi connectivity index (χ0) is 13.3. The average molecular weight is 351 g/mol. The van der Waals surface area contributed by atoms with E-state index in [2.05, 4.69) is 25.6 Å². The number of rotatable bonds is 3. The standard InChI is InChI=1S/C10H8BrFN2O2S2/c1-6-5-17-10(13-6)14-18(15,16)9-3-2-7(12)4-8(9)11/h2-5H,1H3,(H,13,14). The highest BCUT2D eigenvalue weighted by molar-refractivity contribution is 9.10. The van der Waals surface area contributed by atoms with Crippen molar-refractivity contribution >= 4 is 42.4 Å². The van der Waals surface area contributed by atoms with Crippen LogP contribution in [-0.4, -0.2) is 13.4 Å². The highest BCUT2D eigenvalue weighted by atomic mass is 79.9. The molecular weight excluding hydrogens is 343 g/mol. The van der Waals surface area contributed by atoms with Crippen molar-refractivity contribution in [2.24, 2.45) is 0 Å². The van der Waals surface area contributed by atoms with Crippen molar-refractivity contribution in [2.75, 3.05) is 4.72 Å². The quantitative estimate of drug-likeness (QED) is 0.924. The van der Waals surface area contributed by atoms with Gasteiger partial charge in [0.25, 0.3) is 10.0 Å². The number of nitrogens with zero attached hydrogens (tertiary/aromatic N) is 1. The van der Waals surface area contributed by atoms with E-state index in [-0.39, 0.29) is 14.5 Å². The summed E-state index contributed by atoms with van der Waals surface area (Å²) >= 11 is 4.21. The van der Waals surface area contributed by atoms with Crippen LogP contribution >= 0.6 is 27.3 Å². The van der Waals surface area contributed by atoms with E-state index >= 15 is 0 Å². The third kappa shape index (κ3) is 2.88. The van der Waals surface area contributed by atoms with E-state index in [0.29, 0.717) is 0 Å². The minimum Gasteiger partial charge on any atom is -0.255 e. The number of nitrogens with one attached hydrogen (secondary N) is 1. The zero-order valence-electron chi connectivity index (χ0n) is 9.15. The number of hydrogen-bond donors (Lipinski definition) is 1. The van der Waals surface area contributed by atoms with Crippen LogP contribution in [0.5, 0.6) is 0 Å². The third-order valence-corrected chi connectivity index (χ3v) is 5.34. The molecule has 0 atom stereocenters. The van der Waals surface area contributed by atoms with Crippen LogP contribution < -0.4 is 4.72 Å². The second-order valence-corrected chi connectivity index (χ2v) is 6.84. The summed E-state index contributed by atoms with van der Waals surface area (Å²) in [5, 5.41) is 2.01. The molecule has 0 aliphatic carbocycles. The Balaban J connectivity index is 2.36. The third-order valence-electron chi connectivity index (χ3n) is 2.02. The lowest BCUT2D eigenvalue weighted by Gasteiger charge is -2.07. The largest absolute Gasteiger partial charge is 0.264 e. The van der Waals surface area contributed by atoms with Crippen LogP contribution in [0.3, 0.4) is 0 Å². The fraction of sp³-hybridized carbons (Fsp3) is 0.100. The number of aromatic nitrogens is 1. The lowest BCUT2D eigenvalue weighted by molar-refractivity contribution is 0.599. The smallest absolute Gasteiger partial charge is 0.255 e. The molecule has 8 heteroatoms. The molecule has 0 radical (unpaired) electrons. The van der Waals surface area contributed by atoms with Crippen LogP contribution in [-0.2, 0) is 10.0 Å². The van der Waals surface area contributed by atoms with Gasteiger partial charge in [0.1, 0.15) is 10.7 Å². The molecule has 0 aliphatic heterocycles. The Morgan fingerprint density at radius 2 is 2.17 bits per heavy atom. The molecule has 1 aromatic heterocycles. The van der Waals surface area contributed by atoms with E-state index in [1.54, 1.807) is 12.3 Å². The molecule has 4 nitrogen and oxygen atoms in total. The molecule has 0 saturated carbocycles. The van der Waals surface area contributed by atoms with E-state index in [9.17, 15) is 12.8 Å². The number of halogens is 2. The van der Waals surface area contributed by atoms with Gasteiger partial charge >= 0.3 is 0 Å². The molecule has 0 spiro atoms. The second-order valence-electron chi connectivity index (χ2n) is 3.47. The average Bonchev–Trinajstić information content (AvgIpc) is 2.62. The lowest BCUT2D eigenvalue weighted by Crippen LogP contribution is -2.13. The molecule has 18 heavy (non-hydrogen) atoms. The van der Waals surface area contributed by atoms with Gasteiger partial charge in [0.05, 0.1) is 5.69 Å². The number of benzene rings is 1. The first kappa shape index (κ1) is 13.4. The molecular formula is C10H8BrFN2O2S2. The number of aryl methyl sites for hydroxylation is 1. The van der Waals surface area contributed by atoms with Gasteiger partial charge in [-0.25, -0.2) is 17.8 Å². The topological polar surface area (TPSA) is 59.1 Å². The monoisotopic (exact) mass is 350 g/mol. The van der Waals surface area contributed by atoms with E-state index in [0.717, 1.165) is 17.8 Å². The van der Waals surface area contributed by atoms with Crippen molar-refractivity contribution in [2.45, 2.75) is 11.8 Å². The normalized spacial score (nSPS) is 11.5. The van der Waals surface area contributed by atoms with E-state index < -0.39 is 15.8 Å². The number of hydrogen-bond acceptors (Lipinski definition) is 4. The first-order chi connectivity index (χ1) is 8.38. The Bertz CT molecular complexity index is 685. The molecule has 2 rings (SSSR count). The molecule has 1 heterocycles. The Morgan fingerprint density at radius 1 is 1.44 bits per heavy atom. The second kappa shape index (κ2) is 4.94. The van der Waals surface area contributed by atoms with Crippen molar-refractivity contribution in [1.82, 2.24) is 4.98 Å². The number of anilines is 1. The summed E-state index contributed by atoms with van der Waals surface area (Å²) in [7, 11) is -3.76. The van der Waals surface area contributed by atoms with E-state index in [1.807, 2.05) is 0 Å². The summed E-state index contributed by atoms with van der Waals surface area (Å²) in [5.74, 6) is -0.508. The molecule has 1 aromatic carbocycles. The summed E-state index contributed by atoms with van der Waals surface area (Å²) in [6.45, 7) is 1.77. The highest BCUT2D eigenvalue weighted by Gasteiger charge is 2.19. The van der Waals surface area contributed by atoms with Crippen LogP contribution in [0.15, 0.2) is 32.9 Å². The Hall–Kier alpha value is -0.990. The van der Waals surface area contributed by atoms with Crippen LogP contribution in [0.2, 0.25) is 0 Å². The first-order valence-corrected chi connectivity index (χ1v) is 7.94. The molecule has 0 fully saturated rings. The summed E-state index contributed by atoms with van der Waals surface area (Å²) < 4.78 is 39.5. The van der Waals surface area contributed by atoms with Crippen molar-refractivity contribution in [3.05, 3.63) is 39.6 Å². The van der Waals surface area contributed by atoms with Crippen LogP contribution in [0, 0.1) is 12.7 Å². The molecule has 1 N–H and O–H groups in total. The van der Waals surface area contributed by atoms with Gasteiger partial charge in [0, 0.05) is 9.85 Å². The molecule has 2 aromatic rings. The summed E-state index contributed by atoms with van der Waals surface area (Å²) in [6.07, 6.45) is 0. The van der Waals surface area contributed by atoms with E-state index in [1.165, 1.54) is 17.4 Å². The Labute approximate surface area is 116 Å². The lowest BCUT2D eigenvalue weighted by atomic mass is 10.3. The molecule has 96 valence electrons. The minimum absolute atomic E-state index is 0.0308. The summed E-state index contributed by atoms with van der Waals surface area (Å²) in [6, 6.07) is 3.39. The van der Waals surface area contributed by atoms with Gasteiger partial charge in [-0.3, -0.25) is 4.72 Å². The first-order valence-electron chi connectivity index (χ1n) is 4.78. The predicted octanol–water partition coefficient (Wildman–Crippen LogP) is 3.15. The Morgan fingerprint density at radius 3 is 2.72 bits per heavy atom. The highest BCUT2D eigenvalue weighted by Crippen LogP contribution is 2.26. The molecule has 0 amide bonds. The molecule has 0 saturated heterocycles. The number of sulfonamides is 1. The van der Waals surface area contributed by atoms with Crippen LogP contribution in [0.4, 0.5) is 9.52 Å². The predicted molar refractivity (Wildman–Crippen MR) is 71.8 cm³/mol. The maximum Gasteiger partial charge on any atom is 0.264 e. The maximum atomic E-state index is 12.9. The van der Waals surface area contributed by atoms with Gasteiger partial charge in [-0.1, -0.05) is 0 Å². The SMILES string of the molecule is Cc1csc(NS(=O)(=O)c2ccc(F)cc2Br)n1. The van der Waals surface area contributed by atoms with Crippen LogP contribution in [0.1, 0.15) is 5.69 Å². The van der Waals surface area contributed by atoms with Crippen LogP contribution in [0.25, 0.3) is 0 Å². The van der Waals surface area contributed by atoms with Crippen molar-refractivity contribution < 1.29 is 12.8 Å². The van der Waals surface area contributed by atoms with Gasteiger partial charge in [-0.2, -0.15) is 0 Å². The minimum atomic E-state index is -3.76. The van der Waals surface area contributed by atoms with Crippen molar-refractivity contribution in [3.63, 3.8) is 0 Å². The summed E-state index contributed by atoms with van der Waals surface area (Å²) in [4.78, 5) is 3.98.